The smallest absolute Gasteiger partial charge is 0.190 e. The van der Waals surface area contributed by atoms with Gasteiger partial charge in [0, 0.05) is 33.4 Å². The maximum Gasteiger partial charge on any atom is 0.190 e. The first-order valence-electron chi connectivity index (χ1n) is 10.5. The van der Waals surface area contributed by atoms with Gasteiger partial charge in [0.25, 0.3) is 0 Å². The van der Waals surface area contributed by atoms with E-state index in [1.807, 2.05) is 12.1 Å². The van der Waals surface area contributed by atoms with Gasteiger partial charge in [0.05, 0.1) is 19.3 Å². The third-order valence-corrected chi connectivity index (χ3v) is 4.52. The summed E-state index contributed by atoms with van der Waals surface area (Å²) in [6.07, 6.45) is 4.48. The Morgan fingerprint density at radius 1 is 1.21 bits per heavy atom. The third-order valence-electron chi connectivity index (χ3n) is 4.52. The van der Waals surface area contributed by atoms with E-state index in [4.69, 9.17) is 14.2 Å². The molecule has 0 spiro atoms. The normalized spacial score (nSPS) is 16.6. The van der Waals surface area contributed by atoms with Crippen molar-refractivity contribution in [3.63, 3.8) is 0 Å². The van der Waals surface area contributed by atoms with E-state index in [0.29, 0.717) is 18.6 Å². The van der Waals surface area contributed by atoms with Crippen LogP contribution in [0, 0.1) is 5.92 Å². The second-order valence-electron chi connectivity index (χ2n) is 7.59. The van der Waals surface area contributed by atoms with Crippen LogP contribution in [0.1, 0.15) is 38.7 Å². The molecule has 6 nitrogen and oxygen atoms in total. The van der Waals surface area contributed by atoms with E-state index in [1.54, 1.807) is 7.05 Å². The molecule has 1 aromatic carbocycles. The van der Waals surface area contributed by atoms with Gasteiger partial charge in [-0.1, -0.05) is 26.0 Å². The molecule has 7 heteroatoms. The van der Waals surface area contributed by atoms with Crippen molar-refractivity contribution in [1.82, 2.24) is 10.6 Å². The SMILES string of the molecule is CN=C(NCCCOCC1CCCO1)NCCc1ccc(OCC(C)C)cc1.I. The predicted molar refractivity (Wildman–Crippen MR) is 130 cm³/mol. The molecule has 1 aliphatic heterocycles. The van der Waals surface area contributed by atoms with Crippen LogP contribution in [0.3, 0.4) is 0 Å². The molecule has 1 unspecified atom stereocenters. The zero-order chi connectivity index (χ0) is 20.0. The number of aliphatic imine (C=N–C) groups is 1. The van der Waals surface area contributed by atoms with E-state index in [2.05, 4.69) is 41.6 Å². The molecule has 0 aliphatic carbocycles. The number of hydrogen-bond donors (Lipinski definition) is 2. The zero-order valence-electron chi connectivity index (χ0n) is 18.1. The van der Waals surface area contributed by atoms with Crippen LogP contribution < -0.4 is 15.4 Å². The maximum atomic E-state index is 5.72. The summed E-state index contributed by atoms with van der Waals surface area (Å²) in [7, 11) is 1.80. The van der Waals surface area contributed by atoms with Gasteiger partial charge in [0.1, 0.15) is 5.75 Å². The molecule has 1 atom stereocenters. The fourth-order valence-corrected chi connectivity index (χ4v) is 2.93. The van der Waals surface area contributed by atoms with E-state index in [9.17, 15) is 0 Å². The number of halogens is 1. The average molecular weight is 519 g/mol. The quantitative estimate of drug-likeness (QED) is 0.191. The summed E-state index contributed by atoms with van der Waals surface area (Å²) in [5.41, 5.74) is 1.28. The molecule has 1 heterocycles. The molecule has 1 aliphatic rings. The highest BCUT2D eigenvalue weighted by molar-refractivity contribution is 14.0. The fraction of sp³-hybridized carbons (Fsp3) is 0.682. The molecule has 29 heavy (non-hydrogen) atoms. The number of rotatable bonds is 12. The van der Waals surface area contributed by atoms with Gasteiger partial charge in [-0.2, -0.15) is 0 Å². The molecular weight excluding hydrogens is 481 g/mol. The predicted octanol–water partition coefficient (Wildman–Crippen LogP) is 3.63. The molecule has 0 saturated carbocycles. The standard InChI is InChI=1S/C22H37N3O3.HI/c1-18(2)16-28-20-9-7-19(8-10-20)11-13-25-22(23-3)24-12-5-14-26-17-21-6-4-15-27-21;/h7-10,18,21H,4-6,11-17H2,1-3H3,(H2,23,24,25);1H. The van der Waals surface area contributed by atoms with Crippen LogP contribution in [0.4, 0.5) is 0 Å². The average Bonchev–Trinajstić information content (AvgIpc) is 3.22. The summed E-state index contributed by atoms with van der Waals surface area (Å²) in [4.78, 5) is 4.27. The van der Waals surface area contributed by atoms with Crippen molar-refractivity contribution in [2.75, 3.05) is 46.6 Å². The second kappa shape index (κ2) is 15.7. The first kappa shape index (κ1) is 26.0. The monoisotopic (exact) mass is 519 g/mol. The lowest BCUT2D eigenvalue weighted by Crippen LogP contribution is -2.39. The van der Waals surface area contributed by atoms with E-state index in [1.165, 1.54) is 5.56 Å². The van der Waals surface area contributed by atoms with Crippen LogP contribution in [0.5, 0.6) is 5.75 Å². The Kier molecular flexibility index (Phi) is 14.1. The highest BCUT2D eigenvalue weighted by Gasteiger charge is 2.14. The summed E-state index contributed by atoms with van der Waals surface area (Å²) in [6, 6.07) is 8.33. The van der Waals surface area contributed by atoms with E-state index >= 15 is 0 Å². The molecule has 0 amide bonds. The molecule has 1 saturated heterocycles. The van der Waals surface area contributed by atoms with Gasteiger partial charge in [-0.05, 0) is 49.3 Å². The molecular formula is C22H38IN3O3. The van der Waals surface area contributed by atoms with Crippen molar-refractivity contribution in [3.8, 4) is 5.75 Å². The lowest BCUT2D eigenvalue weighted by atomic mass is 10.1. The molecule has 1 fully saturated rings. The molecule has 1 aromatic rings. The van der Waals surface area contributed by atoms with Crippen LogP contribution in [-0.2, 0) is 15.9 Å². The minimum Gasteiger partial charge on any atom is -0.493 e. The Morgan fingerprint density at radius 2 is 1.97 bits per heavy atom. The van der Waals surface area contributed by atoms with Crippen LogP contribution in [0.25, 0.3) is 0 Å². The minimum absolute atomic E-state index is 0. The highest BCUT2D eigenvalue weighted by atomic mass is 127. The summed E-state index contributed by atoms with van der Waals surface area (Å²) in [6.45, 7) is 9.08. The number of ether oxygens (including phenoxy) is 3. The van der Waals surface area contributed by atoms with Gasteiger partial charge in [-0.3, -0.25) is 4.99 Å². The summed E-state index contributed by atoms with van der Waals surface area (Å²) in [5.74, 6) is 2.30. The summed E-state index contributed by atoms with van der Waals surface area (Å²) < 4.78 is 16.9. The zero-order valence-corrected chi connectivity index (χ0v) is 20.4. The van der Waals surface area contributed by atoms with Gasteiger partial charge in [-0.25, -0.2) is 0 Å². The first-order valence-corrected chi connectivity index (χ1v) is 10.5. The van der Waals surface area contributed by atoms with Crippen LogP contribution >= 0.6 is 24.0 Å². The number of guanidine groups is 1. The van der Waals surface area contributed by atoms with Gasteiger partial charge in [0.15, 0.2) is 5.96 Å². The Balaban J connectivity index is 0.00000420. The lowest BCUT2D eigenvalue weighted by Gasteiger charge is -2.13. The Labute approximate surface area is 193 Å². The highest BCUT2D eigenvalue weighted by Crippen LogP contribution is 2.13. The topological polar surface area (TPSA) is 64.1 Å². The van der Waals surface area contributed by atoms with Crippen molar-refractivity contribution in [2.24, 2.45) is 10.9 Å². The minimum atomic E-state index is 0. The molecule has 166 valence electrons. The van der Waals surface area contributed by atoms with Gasteiger partial charge in [-0.15, -0.1) is 24.0 Å². The summed E-state index contributed by atoms with van der Waals surface area (Å²) >= 11 is 0. The van der Waals surface area contributed by atoms with Crippen molar-refractivity contribution in [1.29, 1.82) is 0 Å². The number of hydrogen-bond acceptors (Lipinski definition) is 4. The van der Waals surface area contributed by atoms with Crippen molar-refractivity contribution in [3.05, 3.63) is 29.8 Å². The van der Waals surface area contributed by atoms with Gasteiger partial charge >= 0.3 is 0 Å². The molecule has 0 bridgehead atoms. The third kappa shape index (κ3) is 11.6. The van der Waals surface area contributed by atoms with Crippen LogP contribution in [0.15, 0.2) is 29.3 Å². The van der Waals surface area contributed by atoms with Crippen molar-refractivity contribution >= 4 is 29.9 Å². The largest absolute Gasteiger partial charge is 0.493 e. The van der Waals surface area contributed by atoms with Gasteiger partial charge < -0.3 is 24.8 Å². The molecule has 2 N–H and O–H groups in total. The van der Waals surface area contributed by atoms with E-state index in [0.717, 1.165) is 70.3 Å². The van der Waals surface area contributed by atoms with Crippen molar-refractivity contribution < 1.29 is 14.2 Å². The lowest BCUT2D eigenvalue weighted by molar-refractivity contribution is 0.0168. The van der Waals surface area contributed by atoms with Crippen LogP contribution in [0.2, 0.25) is 0 Å². The molecule has 0 radical (unpaired) electrons. The Morgan fingerprint density at radius 3 is 2.62 bits per heavy atom. The molecule has 2 rings (SSSR count). The maximum absolute atomic E-state index is 5.72. The van der Waals surface area contributed by atoms with Gasteiger partial charge in [0.2, 0.25) is 0 Å². The van der Waals surface area contributed by atoms with Crippen molar-refractivity contribution in [2.45, 2.75) is 45.6 Å². The first-order chi connectivity index (χ1) is 13.7. The number of nitrogens with zero attached hydrogens (tertiary/aromatic N) is 1. The second-order valence-corrected chi connectivity index (χ2v) is 7.59. The number of benzene rings is 1. The Bertz CT molecular complexity index is 561. The van der Waals surface area contributed by atoms with Crippen LogP contribution in [-0.4, -0.2) is 58.6 Å². The summed E-state index contributed by atoms with van der Waals surface area (Å²) in [5, 5.41) is 6.68. The number of nitrogens with one attached hydrogen (secondary N) is 2. The molecule has 0 aromatic heterocycles. The fourth-order valence-electron chi connectivity index (χ4n) is 2.93. The van der Waals surface area contributed by atoms with E-state index < -0.39 is 0 Å². The Hall–Kier alpha value is -1.06. The van der Waals surface area contributed by atoms with E-state index in [-0.39, 0.29) is 24.0 Å².